The monoisotopic (exact) mass is 572 g/mol. The van der Waals surface area contributed by atoms with Crippen molar-refractivity contribution in [2.75, 3.05) is 0 Å². The molecule has 4 aromatic carbocycles. The van der Waals surface area contributed by atoms with Gasteiger partial charge in [0.2, 0.25) is 0 Å². The van der Waals surface area contributed by atoms with Gasteiger partial charge in [0.15, 0.2) is 0 Å². The quantitative estimate of drug-likeness (QED) is 0.203. The van der Waals surface area contributed by atoms with E-state index < -0.39 is 34.4 Å². The van der Waals surface area contributed by atoms with Crippen molar-refractivity contribution in [1.29, 1.82) is 0 Å². The highest BCUT2D eigenvalue weighted by atomic mass is 32.2. The third kappa shape index (κ3) is 9.56. The molecular formula is C33H36N2O5S. The van der Waals surface area contributed by atoms with Crippen molar-refractivity contribution in [3.8, 4) is 0 Å². The Bertz CT molecular complexity index is 1460. The normalized spacial score (nSPS) is 13.6. The van der Waals surface area contributed by atoms with Gasteiger partial charge in [-0.3, -0.25) is 4.18 Å². The Morgan fingerprint density at radius 1 is 0.756 bits per heavy atom. The van der Waals surface area contributed by atoms with Crippen LogP contribution in [0.3, 0.4) is 0 Å². The fourth-order valence-electron chi connectivity index (χ4n) is 4.55. The number of nitrogens with two attached hydrogens (primary N) is 1. The summed E-state index contributed by atoms with van der Waals surface area (Å²) in [5.74, 6) is 0. The molecule has 4 aromatic rings. The zero-order valence-corrected chi connectivity index (χ0v) is 23.9. The third-order valence-electron chi connectivity index (χ3n) is 6.70. The van der Waals surface area contributed by atoms with Crippen molar-refractivity contribution in [2.24, 2.45) is 5.73 Å². The lowest BCUT2D eigenvalue weighted by Gasteiger charge is -2.29. The van der Waals surface area contributed by atoms with Crippen LogP contribution in [0.15, 0.2) is 120 Å². The first-order valence-electron chi connectivity index (χ1n) is 13.6. The lowest BCUT2D eigenvalue weighted by molar-refractivity contribution is 0.108. The van der Waals surface area contributed by atoms with Gasteiger partial charge < -0.3 is 15.8 Å². The number of ether oxygens (including phenoxy) is 1. The van der Waals surface area contributed by atoms with Crippen molar-refractivity contribution < 1.29 is 22.1 Å². The van der Waals surface area contributed by atoms with E-state index in [1.165, 1.54) is 12.1 Å². The second kappa shape index (κ2) is 14.6. The Labute approximate surface area is 242 Å². The smallest absolute Gasteiger partial charge is 0.407 e. The molecule has 0 spiro atoms. The molecule has 0 aliphatic heterocycles. The molecule has 0 heterocycles. The van der Waals surface area contributed by atoms with Crippen molar-refractivity contribution >= 4 is 16.2 Å². The minimum atomic E-state index is -4.17. The average molecular weight is 573 g/mol. The summed E-state index contributed by atoms with van der Waals surface area (Å²) in [6.07, 6.45) is -0.636. The molecule has 214 valence electrons. The molecule has 7 nitrogen and oxygen atoms in total. The highest BCUT2D eigenvalue weighted by Gasteiger charge is 2.32. The molecular weight excluding hydrogens is 536 g/mol. The third-order valence-corrected chi connectivity index (χ3v) is 8.05. The number of amides is 1. The van der Waals surface area contributed by atoms with Crippen LogP contribution in [0.5, 0.6) is 0 Å². The van der Waals surface area contributed by atoms with Gasteiger partial charge in [0.05, 0.1) is 17.0 Å². The number of carbonyl (C=O) groups excluding carboxylic acids is 1. The summed E-state index contributed by atoms with van der Waals surface area (Å²) in [5, 5.41) is 2.88. The topological polar surface area (TPSA) is 108 Å². The molecule has 0 fully saturated rings. The fourth-order valence-corrected chi connectivity index (χ4v) is 5.67. The van der Waals surface area contributed by atoms with E-state index in [0.29, 0.717) is 12.8 Å². The van der Waals surface area contributed by atoms with Crippen LogP contribution in [0.1, 0.15) is 28.7 Å². The van der Waals surface area contributed by atoms with Crippen LogP contribution < -0.4 is 11.1 Å². The highest BCUT2D eigenvalue weighted by Crippen LogP contribution is 2.22. The standard InChI is InChI=1S/C33H36N2O5S/c1-25-17-19-30(20-18-25)41(37,38)40-32(23-29(34)21-26-11-5-2-6-12-26)31(22-27-13-7-3-8-14-27)35-33(36)39-24-28-15-9-4-10-16-28/h2-20,29,31-32H,21-24,34H2,1H3,(H,35,36)/t29-,31-,32?/m0/s1. The van der Waals surface area contributed by atoms with Crippen molar-refractivity contribution in [3.63, 3.8) is 0 Å². The molecule has 0 saturated heterocycles. The summed E-state index contributed by atoms with van der Waals surface area (Å²) in [5.41, 5.74) is 10.2. The second-order valence-electron chi connectivity index (χ2n) is 10.1. The summed E-state index contributed by atoms with van der Waals surface area (Å²) in [6.45, 7) is 1.95. The zero-order valence-electron chi connectivity index (χ0n) is 23.1. The van der Waals surface area contributed by atoms with E-state index in [0.717, 1.165) is 22.3 Å². The molecule has 0 aromatic heterocycles. The van der Waals surface area contributed by atoms with Gasteiger partial charge in [-0.05, 0) is 55.0 Å². The number of carbonyl (C=O) groups is 1. The minimum absolute atomic E-state index is 0.0369. The Morgan fingerprint density at radius 3 is 1.83 bits per heavy atom. The maximum atomic E-state index is 13.4. The van der Waals surface area contributed by atoms with Crippen LogP contribution in [0.4, 0.5) is 4.79 Å². The number of benzene rings is 4. The molecule has 3 atom stereocenters. The van der Waals surface area contributed by atoms with Gasteiger partial charge in [0.1, 0.15) is 6.61 Å². The maximum absolute atomic E-state index is 13.4. The van der Waals surface area contributed by atoms with Crippen LogP contribution in [-0.2, 0) is 38.5 Å². The highest BCUT2D eigenvalue weighted by molar-refractivity contribution is 7.86. The van der Waals surface area contributed by atoms with E-state index >= 15 is 0 Å². The molecule has 8 heteroatoms. The Balaban J connectivity index is 1.60. The van der Waals surface area contributed by atoms with Gasteiger partial charge in [-0.15, -0.1) is 0 Å². The predicted molar refractivity (Wildman–Crippen MR) is 160 cm³/mol. The lowest BCUT2D eigenvalue weighted by atomic mass is 9.94. The van der Waals surface area contributed by atoms with E-state index in [1.54, 1.807) is 12.1 Å². The molecule has 0 saturated carbocycles. The Morgan fingerprint density at radius 2 is 1.27 bits per heavy atom. The van der Waals surface area contributed by atoms with E-state index in [2.05, 4.69) is 5.32 Å². The number of alkyl carbamates (subject to hydrolysis) is 1. The van der Waals surface area contributed by atoms with Crippen LogP contribution in [0, 0.1) is 6.92 Å². The molecule has 0 radical (unpaired) electrons. The first-order chi connectivity index (χ1) is 19.8. The van der Waals surface area contributed by atoms with Crippen molar-refractivity contribution in [3.05, 3.63) is 138 Å². The summed E-state index contributed by atoms with van der Waals surface area (Å²) in [6, 6.07) is 33.8. The Hall–Kier alpha value is -3.98. The molecule has 3 N–H and O–H groups in total. The van der Waals surface area contributed by atoms with Crippen LogP contribution in [0.25, 0.3) is 0 Å². The lowest BCUT2D eigenvalue weighted by Crippen LogP contribution is -2.49. The molecule has 0 aliphatic rings. The van der Waals surface area contributed by atoms with Gasteiger partial charge in [-0.2, -0.15) is 8.42 Å². The zero-order chi connectivity index (χ0) is 29.1. The number of hydrogen-bond donors (Lipinski definition) is 2. The minimum Gasteiger partial charge on any atom is -0.445 e. The summed E-state index contributed by atoms with van der Waals surface area (Å²) in [7, 11) is -4.17. The van der Waals surface area contributed by atoms with Crippen molar-refractivity contribution in [1.82, 2.24) is 5.32 Å². The van der Waals surface area contributed by atoms with E-state index in [-0.39, 0.29) is 17.9 Å². The SMILES string of the molecule is Cc1ccc(S(=O)(=O)OC(C[C@@H](N)Cc2ccccc2)[C@H](Cc2ccccc2)NC(=O)OCc2ccccc2)cc1. The van der Waals surface area contributed by atoms with E-state index in [9.17, 15) is 13.2 Å². The van der Waals surface area contributed by atoms with E-state index in [4.69, 9.17) is 14.7 Å². The molecule has 0 bridgehead atoms. The first kappa shape index (κ1) is 30.0. The molecule has 41 heavy (non-hydrogen) atoms. The fraction of sp³-hybridized carbons (Fsp3) is 0.242. The van der Waals surface area contributed by atoms with E-state index in [1.807, 2.05) is 97.9 Å². The van der Waals surface area contributed by atoms with Crippen LogP contribution >= 0.6 is 0 Å². The first-order valence-corrected chi connectivity index (χ1v) is 15.0. The number of aryl methyl sites for hydroxylation is 1. The van der Waals surface area contributed by atoms with Crippen LogP contribution in [-0.4, -0.2) is 32.7 Å². The van der Waals surface area contributed by atoms with Crippen LogP contribution in [0.2, 0.25) is 0 Å². The predicted octanol–water partition coefficient (Wildman–Crippen LogP) is 5.57. The average Bonchev–Trinajstić information content (AvgIpc) is 2.97. The summed E-state index contributed by atoms with van der Waals surface area (Å²) >= 11 is 0. The van der Waals surface area contributed by atoms with Gasteiger partial charge in [-0.1, -0.05) is 109 Å². The summed E-state index contributed by atoms with van der Waals surface area (Å²) < 4.78 is 38.3. The van der Waals surface area contributed by atoms with Crippen molar-refractivity contribution in [2.45, 2.75) is 55.9 Å². The molecule has 1 unspecified atom stereocenters. The number of nitrogens with one attached hydrogen (secondary N) is 1. The van der Waals surface area contributed by atoms with Gasteiger partial charge in [0.25, 0.3) is 10.1 Å². The van der Waals surface area contributed by atoms with Gasteiger partial charge >= 0.3 is 6.09 Å². The molecule has 0 aliphatic carbocycles. The maximum Gasteiger partial charge on any atom is 0.407 e. The summed E-state index contributed by atoms with van der Waals surface area (Å²) in [4.78, 5) is 13.0. The largest absolute Gasteiger partial charge is 0.445 e. The van der Waals surface area contributed by atoms with Gasteiger partial charge in [-0.25, -0.2) is 4.79 Å². The number of rotatable bonds is 13. The van der Waals surface area contributed by atoms with Gasteiger partial charge in [0, 0.05) is 6.04 Å². The second-order valence-corrected chi connectivity index (χ2v) is 11.7. The molecule has 4 rings (SSSR count). The Kier molecular flexibility index (Phi) is 10.7. The molecule has 1 amide bonds. The number of hydrogen-bond acceptors (Lipinski definition) is 6.